The van der Waals surface area contributed by atoms with E-state index in [4.69, 9.17) is 4.42 Å². The SMILES string of the molecule is CNCc1cnc(-c2cnn(C)n2)o1. The van der Waals surface area contributed by atoms with Gasteiger partial charge < -0.3 is 9.73 Å². The van der Waals surface area contributed by atoms with E-state index in [1.165, 1.54) is 4.80 Å². The van der Waals surface area contributed by atoms with E-state index in [0.717, 1.165) is 5.76 Å². The molecule has 0 aromatic carbocycles. The van der Waals surface area contributed by atoms with Crippen LogP contribution in [-0.4, -0.2) is 27.0 Å². The molecule has 2 heterocycles. The van der Waals surface area contributed by atoms with Gasteiger partial charge in [0.2, 0.25) is 5.89 Å². The molecule has 2 rings (SSSR count). The molecule has 2 aromatic heterocycles. The number of hydrogen-bond donors (Lipinski definition) is 1. The highest BCUT2D eigenvalue weighted by molar-refractivity contribution is 5.43. The second kappa shape index (κ2) is 3.59. The first-order valence-corrected chi connectivity index (χ1v) is 4.25. The van der Waals surface area contributed by atoms with E-state index in [9.17, 15) is 0 Å². The van der Waals surface area contributed by atoms with Crippen molar-refractivity contribution in [3.05, 3.63) is 18.2 Å². The van der Waals surface area contributed by atoms with Gasteiger partial charge in [0, 0.05) is 7.05 Å². The molecule has 14 heavy (non-hydrogen) atoms. The zero-order chi connectivity index (χ0) is 9.97. The Bertz CT molecular complexity index is 419. The molecule has 2 aromatic rings. The minimum absolute atomic E-state index is 0.503. The third kappa shape index (κ3) is 1.64. The fraction of sp³-hybridized carbons (Fsp3) is 0.375. The lowest BCUT2D eigenvalue weighted by Gasteiger charge is -1.90. The topological polar surface area (TPSA) is 68.8 Å². The van der Waals surface area contributed by atoms with Crippen LogP contribution in [0, 0.1) is 0 Å². The van der Waals surface area contributed by atoms with Gasteiger partial charge in [0.15, 0.2) is 5.69 Å². The van der Waals surface area contributed by atoms with Gasteiger partial charge in [-0.2, -0.15) is 9.90 Å². The van der Waals surface area contributed by atoms with Crippen LogP contribution in [0.1, 0.15) is 5.76 Å². The second-order valence-corrected chi connectivity index (χ2v) is 2.88. The van der Waals surface area contributed by atoms with E-state index in [1.54, 1.807) is 19.4 Å². The largest absolute Gasteiger partial charge is 0.438 e. The molecular formula is C8H11N5O. The van der Waals surface area contributed by atoms with Gasteiger partial charge in [0.25, 0.3) is 0 Å². The zero-order valence-corrected chi connectivity index (χ0v) is 8.06. The smallest absolute Gasteiger partial charge is 0.248 e. The van der Waals surface area contributed by atoms with E-state index < -0.39 is 0 Å². The quantitative estimate of drug-likeness (QED) is 0.753. The summed E-state index contributed by atoms with van der Waals surface area (Å²) in [6.45, 7) is 0.660. The second-order valence-electron chi connectivity index (χ2n) is 2.88. The Kier molecular flexibility index (Phi) is 2.28. The van der Waals surface area contributed by atoms with Crippen LogP contribution in [0.2, 0.25) is 0 Å². The molecule has 0 saturated carbocycles. The number of aromatic nitrogens is 4. The molecule has 6 heteroatoms. The molecule has 0 atom stereocenters. The van der Waals surface area contributed by atoms with Gasteiger partial charge in [-0.3, -0.25) is 0 Å². The fourth-order valence-corrected chi connectivity index (χ4v) is 1.13. The summed E-state index contributed by atoms with van der Waals surface area (Å²) >= 11 is 0. The van der Waals surface area contributed by atoms with Gasteiger partial charge in [-0.15, -0.1) is 5.10 Å². The summed E-state index contributed by atoms with van der Waals surface area (Å²) in [7, 11) is 3.60. The molecule has 0 aliphatic carbocycles. The average molecular weight is 193 g/mol. The molecule has 0 saturated heterocycles. The molecule has 0 fully saturated rings. The highest BCUT2D eigenvalue weighted by atomic mass is 16.4. The molecule has 6 nitrogen and oxygen atoms in total. The van der Waals surface area contributed by atoms with Gasteiger partial charge in [-0.25, -0.2) is 4.98 Å². The standard InChI is InChI=1S/C8H11N5O/c1-9-3-6-4-10-8(14-6)7-5-11-13(2)12-7/h4-5,9H,3H2,1-2H3. The van der Waals surface area contributed by atoms with Crippen molar-refractivity contribution in [3.8, 4) is 11.6 Å². The maximum Gasteiger partial charge on any atom is 0.248 e. The van der Waals surface area contributed by atoms with Crippen LogP contribution >= 0.6 is 0 Å². The first kappa shape index (κ1) is 8.89. The van der Waals surface area contributed by atoms with Gasteiger partial charge in [-0.1, -0.05) is 0 Å². The van der Waals surface area contributed by atoms with E-state index in [1.807, 2.05) is 7.05 Å². The summed E-state index contributed by atoms with van der Waals surface area (Å²) in [6, 6.07) is 0. The number of nitrogens with zero attached hydrogens (tertiary/aromatic N) is 4. The van der Waals surface area contributed by atoms with E-state index in [2.05, 4.69) is 20.5 Å². The maximum absolute atomic E-state index is 5.43. The molecule has 0 bridgehead atoms. The Balaban J connectivity index is 2.24. The van der Waals surface area contributed by atoms with E-state index in [-0.39, 0.29) is 0 Å². The maximum atomic E-state index is 5.43. The molecule has 0 aliphatic heterocycles. The zero-order valence-electron chi connectivity index (χ0n) is 8.06. The Hall–Kier alpha value is -1.69. The Morgan fingerprint density at radius 3 is 3.00 bits per heavy atom. The van der Waals surface area contributed by atoms with Crippen molar-refractivity contribution in [1.29, 1.82) is 0 Å². The molecule has 0 unspecified atom stereocenters. The minimum Gasteiger partial charge on any atom is -0.438 e. The normalized spacial score (nSPS) is 10.7. The van der Waals surface area contributed by atoms with Crippen LogP contribution in [0.15, 0.2) is 16.8 Å². The lowest BCUT2D eigenvalue weighted by atomic mass is 10.5. The predicted molar refractivity (Wildman–Crippen MR) is 49.3 cm³/mol. The Labute approximate surface area is 80.9 Å². The van der Waals surface area contributed by atoms with Gasteiger partial charge in [0.05, 0.1) is 18.9 Å². The average Bonchev–Trinajstić information content (AvgIpc) is 2.74. The molecule has 1 N–H and O–H groups in total. The number of hydrogen-bond acceptors (Lipinski definition) is 5. The summed E-state index contributed by atoms with van der Waals surface area (Å²) in [4.78, 5) is 5.57. The number of nitrogens with one attached hydrogen (secondary N) is 1. The summed E-state index contributed by atoms with van der Waals surface area (Å²) in [5, 5.41) is 11.0. The first-order valence-electron chi connectivity index (χ1n) is 4.25. The van der Waals surface area contributed by atoms with Crippen LogP contribution < -0.4 is 5.32 Å². The van der Waals surface area contributed by atoms with Crippen molar-refractivity contribution in [1.82, 2.24) is 25.3 Å². The van der Waals surface area contributed by atoms with Crippen LogP contribution in [-0.2, 0) is 13.6 Å². The monoisotopic (exact) mass is 193 g/mol. The highest BCUT2D eigenvalue weighted by Crippen LogP contribution is 2.15. The van der Waals surface area contributed by atoms with E-state index in [0.29, 0.717) is 18.1 Å². The molecule has 0 spiro atoms. The molecule has 0 amide bonds. The number of rotatable bonds is 3. The summed E-state index contributed by atoms with van der Waals surface area (Å²) in [5.74, 6) is 1.29. The molecule has 0 aliphatic rings. The lowest BCUT2D eigenvalue weighted by molar-refractivity contribution is 0.501. The van der Waals surface area contributed by atoms with Gasteiger partial charge >= 0.3 is 0 Å². The summed E-state index contributed by atoms with van der Waals surface area (Å²) in [6.07, 6.45) is 3.30. The van der Waals surface area contributed by atoms with Crippen molar-refractivity contribution in [3.63, 3.8) is 0 Å². The lowest BCUT2D eigenvalue weighted by Crippen LogP contribution is -2.03. The van der Waals surface area contributed by atoms with Crippen molar-refractivity contribution in [2.75, 3.05) is 7.05 Å². The highest BCUT2D eigenvalue weighted by Gasteiger charge is 2.08. The van der Waals surface area contributed by atoms with Gasteiger partial charge in [0.1, 0.15) is 5.76 Å². The van der Waals surface area contributed by atoms with Crippen LogP contribution in [0.5, 0.6) is 0 Å². The van der Waals surface area contributed by atoms with Crippen molar-refractivity contribution in [2.45, 2.75) is 6.54 Å². The van der Waals surface area contributed by atoms with Crippen LogP contribution in [0.3, 0.4) is 0 Å². The van der Waals surface area contributed by atoms with Crippen molar-refractivity contribution in [2.24, 2.45) is 7.05 Å². The summed E-state index contributed by atoms with van der Waals surface area (Å²) < 4.78 is 5.43. The third-order valence-electron chi connectivity index (χ3n) is 1.72. The Morgan fingerprint density at radius 2 is 2.36 bits per heavy atom. The van der Waals surface area contributed by atoms with Crippen molar-refractivity contribution < 1.29 is 4.42 Å². The first-order chi connectivity index (χ1) is 6.79. The predicted octanol–water partition coefficient (Wildman–Crippen LogP) is 0.189. The van der Waals surface area contributed by atoms with Crippen LogP contribution in [0.4, 0.5) is 0 Å². The Morgan fingerprint density at radius 1 is 1.50 bits per heavy atom. The number of oxazole rings is 1. The van der Waals surface area contributed by atoms with E-state index >= 15 is 0 Å². The van der Waals surface area contributed by atoms with Gasteiger partial charge in [-0.05, 0) is 7.05 Å². The van der Waals surface area contributed by atoms with Crippen LogP contribution in [0.25, 0.3) is 11.6 Å². The molecule has 74 valence electrons. The third-order valence-corrected chi connectivity index (χ3v) is 1.72. The molecular weight excluding hydrogens is 182 g/mol. The van der Waals surface area contributed by atoms with Crippen molar-refractivity contribution >= 4 is 0 Å². The number of aryl methyl sites for hydroxylation is 1. The minimum atomic E-state index is 0.503. The molecule has 0 radical (unpaired) electrons. The summed E-state index contributed by atoms with van der Waals surface area (Å²) in [5.41, 5.74) is 0.648. The fourth-order valence-electron chi connectivity index (χ4n) is 1.13.